The van der Waals surface area contributed by atoms with Gasteiger partial charge in [-0.15, -0.1) is 11.3 Å². The lowest BCUT2D eigenvalue weighted by Crippen LogP contribution is -2.31. The van der Waals surface area contributed by atoms with Crippen molar-refractivity contribution in [2.24, 2.45) is 0 Å². The summed E-state index contributed by atoms with van der Waals surface area (Å²) in [5.74, 6) is 0.958. The topological polar surface area (TPSA) is 76.6 Å². The lowest BCUT2D eigenvalue weighted by Gasteiger charge is -2.03. The summed E-state index contributed by atoms with van der Waals surface area (Å²) in [7, 11) is 0. The van der Waals surface area contributed by atoms with Crippen LogP contribution in [0.15, 0.2) is 32.9 Å². The summed E-state index contributed by atoms with van der Waals surface area (Å²) in [6.45, 7) is 3.87. The number of carbonyl (C=O) groups excluding carboxylic acids is 1. The lowest BCUT2D eigenvalue weighted by molar-refractivity contribution is 0.0946. The molecule has 0 bridgehead atoms. The van der Waals surface area contributed by atoms with E-state index in [1.807, 2.05) is 18.4 Å². The molecule has 0 unspecified atom stereocenters. The summed E-state index contributed by atoms with van der Waals surface area (Å²) >= 11 is 1.37. The molecule has 1 amide bonds. The van der Waals surface area contributed by atoms with Crippen molar-refractivity contribution in [3.05, 3.63) is 56.8 Å². The molecule has 7 heteroatoms. The molecule has 3 rings (SSSR count). The van der Waals surface area contributed by atoms with E-state index in [1.54, 1.807) is 13.0 Å². The van der Waals surface area contributed by atoms with Gasteiger partial charge in [-0.1, -0.05) is 0 Å². The second-order valence-electron chi connectivity index (χ2n) is 4.67. The number of furan rings is 1. The van der Waals surface area contributed by atoms with Gasteiger partial charge in [0, 0.05) is 17.3 Å². The highest BCUT2D eigenvalue weighted by Gasteiger charge is 2.15. The Morgan fingerprint density at radius 1 is 1.43 bits per heavy atom. The van der Waals surface area contributed by atoms with E-state index in [2.05, 4.69) is 10.3 Å². The van der Waals surface area contributed by atoms with Crippen molar-refractivity contribution >= 4 is 22.2 Å². The van der Waals surface area contributed by atoms with Crippen LogP contribution in [0, 0.1) is 13.8 Å². The van der Waals surface area contributed by atoms with Crippen LogP contribution in [0.25, 0.3) is 4.96 Å². The van der Waals surface area contributed by atoms with Crippen LogP contribution in [0.1, 0.15) is 27.6 Å². The molecule has 21 heavy (non-hydrogen) atoms. The Balaban J connectivity index is 1.86. The molecule has 0 radical (unpaired) electrons. The molecular weight excluding hydrogens is 290 g/mol. The van der Waals surface area contributed by atoms with Gasteiger partial charge in [0.05, 0.1) is 6.54 Å². The summed E-state index contributed by atoms with van der Waals surface area (Å²) in [4.78, 5) is 29.2. The summed E-state index contributed by atoms with van der Waals surface area (Å²) in [6, 6.07) is 3.60. The Hall–Kier alpha value is -2.41. The van der Waals surface area contributed by atoms with Crippen LogP contribution in [0.2, 0.25) is 0 Å². The number of rotatable bonds is 3. The molecule has 108 valence electrons. The molecule has 6 nitrogen and oxygen atoms in total. The molecule has 1 N–H and O–H groups in total. The first-order valence-electron chi connectivity index (χ1n) is 6.35. The normalized spacial score (nSPS) is 11.0. The number of amides is 1. The fourth-order valence-electron chi connectivity index (χ4n) is 2.02. The van der Waals surface area contributed by atoms with E-state index in [4.69, 9.17) is 4.42 Å². The lowest BCUT2D eigenvalue weighted by atomic mass is 10.3. The Labute approximate surface area is 124 Å². The quantitative estimate of drug-likeness (QED) is 0.801. The molecule has 0 aromatic carbocycles. The summed E-state index contributed by atoms with van der Waals surface area (Å²) in [5, 5.41) is 4.49. The Bertz CT molecular complexity index is 875. The van der Waals surface area contributed by atoms with Gasteiger partial charge in [-0.3, -0.25) is 14.0 Å². The third-order valence-corrected chi connectivity index (χ3v) is 4.04. The first kappa shape index (κ1) is 13.6. The number of hydrogen-bond donors (Lipinski definition) is 1. The Kier molecular flexibility index (Phi) is 3.34. The van der Waals surface area contributed by atoms with Gasteiger partial charge >= 0.3 is 0 Å². The van der Waals surface area contributed by atoms with E-state index in [0.717, 1.165) is 11.5 Å². The fraction of sp³-hybridized carbons (Fsp3) is 0.214. The molecule has 3 heterocycles. The zero-order valence-corrected chi connectivity index (χ0v) is 12.4. The number of thiazole rings is 1. The first-order valence-corrected chi connectivity index (χ1v) is 7.23. The number of aryl methyl sites for hydroxylation is 2. The number of fused-ring (bicyclic) bond motifs is 1. The molecule has 0 atom stereocenters. The van der Waals surface area contributed by atoms with E-state index in [0.29, 0.717) is 10.7 Å². The highest BCUT2D eigenvalue weighted by Crippen LogP contribution is 2.11. The summed E-state index contributed by atoms with van der Waals surface area (Å²) < 4.78 is 6.81. The maximum absolute atomic E-state index is 12.3. The average molecular weight is 303 g/mol. The van der Waals surface area contributed by atoms with Gasteiger partial charge in [-0.05, 0) is 26.0 Å². The van der Waals surface area contributed by atoms with Crippen molar-refractivity contribution in [1.82, 2.24) is 14.7 Å². The third-order valence-electron chi connectivity index (χ3n) is 3.08. The Morgan fingerprint density at radius 2 is 2.24 bits per heavy atom. The highest BCUT2D eigenvalue weighted by atomic mass is 32.1. The van der Waals surface area contributed by atoms with E-state index < -0.39 is 5.91 Å². The van der Waals surface area contributed by atoms with Gasteiger partial charge in [0.15, 0.2) is 4.96 Å². The minimum atomic E-state index is -0.457. The standard InChI is InChI=1S/C14H13N3O3S/c1-8-7-21-14-16-6-11(13(19)17(8)14)12(18)15-5-10-4-3-9(2)20-10/h3-4,6-7H,5H2,1-2H3,(H,15,18). The molecular formula is C14H13N3O3S. The molecule has 0 aliphatic carbocycles. The highest BCUT2D eigenvalue weighted by molar-refractivity contribution is 7.15. The molecule has 0 spiro atoms. The maximum atomic E-state index is 12.3. The number of nitrogens with zero attached hydrogens (tertiary/aromatic N) is 2. The van der Waals surface area contributed by atoms with E-state index >= 15 is 0 Å². The van der Waals surface area contributed by atoms with Crippen molar-refractivity contribution in [2.75, 3.05) is 0 Å². The van der Waals surface area contributed by atoms with Gasteiger partial charge in [0.1, 0.15) is 17.1 Å². The van der Waals surface area contributed by atoms with Crippen molar-refractivity contribution in [2.45, 2.75) is 20.4 Å². The SMILES string of the molecule is Cc1ccc(CNC(=O)c2cnc3scc(C)n3c2=O)o1. The van der Waals surface area contributed by atoms with Crippen LogP contribution in [-0.2, 0) is 6.54 Å². The largest absolute Gasteiger partial charge is 0.465 e. The van der Waals surface area contributed by atoms with E-state index in [9.17, 15) is 9.59 Å². The number of nitrogens with one attached hydrogen (secondary N) is 1. The minimum Gasteiger partial charge on any atom is -0.465 e. The average Bonchev–Trinajstić information content (AvgIpc) is 3.03. The maximum Gasteiger partial charge on any atom is 0.271 e. The van der Waals surface area contributed by atoms with Crippen molar-refractivity contribution in [3.8, 4) is 0 Å². The van der Waals surface area contributed by atoms with Gasteiger partial charge in [0.25, 0.3) is 11.5 Å². The van der Waals surface area contributed by atoms with Crippen LogP contribution in [-0.4, -0.2) is 15.3 Å². The minimum absolute atomic E-state index is 0.0253. The predicted molar refractivity (Wildman–Crippen MR) is 78.7 cm³/mol. The van der Waals surface area contributed by atoms with Crippen molar-refractivity contribution in [1.29, 1.82) is 0 Å². The van der Waals surface area contributed by atoms with Crippen LogP contribution < -0.4 is 10.9 Å². The Morgan fingerprint density at radius 3 is 2.95 bits per heavy atom. The third kappa shape index (κ3) is 2.47. The fourth-order valence-corrected chi connectivity index (χ4v) is 2.85. The van der Waals surface area contributed by atoms with Crippen LogP contribution in [0.5, 0.6) is 0 Å². The smallest absolute Gasteiger partial charge is 0.271 e. The predicted octanol–water partition coefficient (Wildman–Crippen LogP) is 1.90. The van der Waals surface area contributed by atoms with E-state index in [-0.39, 0.29) is 17.7 Å². The van der Waals surface area contributed by atoms with E-state index in [1.165, 1.54) is 21.9 Å². The number of aromatic nitrogens is 2. The van der Waals surface area contributed by atoms with Crippen LogP contribution >= 0.6 is 11.3 Å². The van der Waals surface area contributed by atoms with Gasteiger partial charge in [-0.25, -0.2) is 4.98 Å². The van der Waals surface area contributed by atoms with Crippen molar-refractivity contribution < 1.29 is 9.21 Å². The van der Waals surface area contributed by atoms with Gasteiger partial charge in [0.2, 0.25) is 0 Å². The summed E-state index contributed by atoms with van der Waals surface area (Å²) in [5.41, 5.74) is 0.438. The second kappa shape index (κ2) is 5.17. The number of hydrogen-bond acceptors (Lipinski definition) is 5. The second-order valence-corrected chi connectivity index (χ2v) is 5.50. The van der Waals surface area contributed by atoms with Crippen LogP contribution in [0.3, 0.4) is 0 Å². The molecule has 0 fully saturated rings. The molecule has 0 aliphatic rings. The number of carbonyl (C=O) groups is 1. The van der Waals surface area contributed by atoms with Gasteiger partial charge < -0.3 is 9.73 Å². The monoisotopic (exact) mass is 303 g/mol. The zero-order valence-electron chi connectivity index (χ0n) is 11.5. The molecule has 3 aromatic rings. The zero-order chi connectivity index (χ0) is 15.0. The van der Waals surface area contributed by atoms with Gasteiger partial charge in [-0.2, -0.15) is 0 Å². The molecule has 0 saturated heterocycles. The summed E-state index contributed by atoms with van der Waals surface area (Å²) in [6.07, 6.45) is 1.32. The molecule has 0 saturated carbocycles. The van der Waals surface area contributed by atoms with Crippen molar-refractivity contribution in [3.63, 3.8) is 0 Å². The molecule has 0 aliphatic heterocycles. The molecule has 3 aromatic heterocycles. The first-order chi connectivity index (χ1) is 10.1. The van der Waals surface area contributed by atoms with Crippen LogP contribution in [0.4, 0.5) is 0 Å².